The molecule has 128 valence electrons. The lowest BCUT2D eigenvalue weighted by atomic mass is 9.92. The third-order valence-electron chi connectivity index (χ3n) is 4.46. The van der Waals surface area contributed by atoms with E-state index in [2.05, 4.69) is 17.6 Å². The summed E-state index contributed by atoms with van der Waals surface area (Å²) in [5.74, 6) is -0.990. The Hall–Kier alpha value is -2.16. The molecule has 2 aromatic rings. The summed E-state index contributed by atoms with van der Waals surface area (Å²) in [5, 5.41) is 9.59. The van der Waals surface area contributed by atoms with Crippen LogP contribution < -0.4 is 4.57 Å². The van der Waals surface area contributed by atoms with Crippen molar-refractivity contribution in [2.45, 2.75) is 51.9 Å². The summed E-state index contributed by atoms with van der Waals surface area (Å²) in [5.41, 5.74) is 2.16. The maximum absolute atomic E-state index is 11.7. The Bertz CT molecular complexity index is 625. The topological polar surface area (TPSA) is 41.2 Å². The van der Waals surface area contributed by atoms with Gasteiger partial charge in [0.2, 0.25) is 5.69 Å². The van der Waals surface area contributed by atoms with Crippen molar-refractivity contribution in [1.29, 1.82) is 0 Å². The van der Waals surface area contributed by atoms with E-state index < -0.39 is 5.97 Å². The van der Waals surface area contributed by atoms with Gasteiger partial charge in [-0.3, -0.25) is 4.79 Å². The Balaban J connectivity index is 2.06. The average Bonchev–Trinajstić information content (AvgIpc) is 2.61. The third kappa shape index (κ3) is 5.48. The van der Waals surface area contributed by atoms with Gasteiger partial charge in [-0.2, -0.15) is 4.57 Å². The zero-order valence-corrected chi connectivity index (χ0v) is 14.5. The maximum atomic E-state index is 11.7. The normalized spacial score (nSPS) is 12.0. The van der Waals surface area contributed by atoms with E-state index in [1.807, 2.05) is 48.8 Å². The van der Waals surface area contributed by atoms with Crippen LogP contribution in [0.3, 0.4) is 0 Å². The molecule has 0 spiro atoms. The Morgan fingerprint density at radius 2 is 1.71 bits per heavy atom. The number of pyridine rings is 1. The molecule has 0 saturated carbocycles. The van der Waals surface area contributed by atoms with Crippen LogP contribution in [0.5, 0.6) is 0 Å². The van der Waals surface area contributed by atoms with Crippen molar-refractivity contribution in [3.05, 3.63) is 60.4 Å². The fraction of sp³-hybridized carbons (Fsp3) is 0.429. The molecule has 0 bridgehead atoms. The first kappa shape index (κ1) is 18.2. The van der Waals surface area contributed by atoms with Gasteiger partial charge in [0.15, 0.2) is 12.4 Å². The number of carbonyl (C=O) groups is 1. The van der Waals surface area contributed by atoms with Gasteiger partial charge in [0, 0.05) is 23.8 Å². The molecule has 0 aliphatic carbocycles. The number of aromatic nitrogens is 1. The van der Waals surface area contributed by atoms with Gasteiger partial charge in [0.05, 0.1) is 5.92 Å². The van der Waals surface area contributed by atoms with E-state index in [1.54, 1.807) is 0 Å². The van der Waals surface area contributed by atoms with Gasteiger partial charge in [-0.15, -0.1) is 0 Å². The second-order valence-corrected chi connectivity index (χ2v) is 6.35. The lowest BCUT2D eigenvalue weighted by molar-refractivity contribution is -0.596. The molecule has 0 aliphatic rings. The second kappa shape index (κ2) is 9.86. The lowest BCUT2D eigenvalue weighted by Gasteiger charge is -2.13. The summed E-state index contributed by atoms with van der Waals surface area (Å²) in [6.07, 6.45) is 11.1. The molecular formula is C21H28NO2+. The number of carboxylic acid groups (broad SMARTS) is 1. The molecular weight excluding hydrogens is 298 g/mol. The summed E-state index contributed by atoms with van der Waals surface area (Å²) in [4.78, 5) is 11.7. The summed E-state index contributed by atoms with van der Waals surface area (Å²) < 4.78 is 2.05. The predicted molar refractivity (Wildman–Crippen MR) is 96.2 cm³/mol. The highest BCUT2D eigenvalue weighted by Gasteiger charge is 2.21. The number of para-hydroxylation sites is 1. The largest absolute Gasteiger partial charge is 0.481 e. The molecule has 1 unspecified atom stereocenters. The molecule has 1 heterocycles. The zero-order chi connectivity index (χ0) is 17.2. The van der Waals surface area contributed by atoms with E-state index in [-0.39, 0.29) is 5.92 Å². The molecule has 3 heteroatoms. The second-order valence-electron chi connectivity index (χ2n) is 6.35. The van der Waals surface area contributed by atoms with Crippen LogP contribution in [0.25, 0.3) is 5.69 Å². The van der Waals surface area contributed by atoms with Crippen molar-refractivity contribution < 1.29 is 14.5 Å². The molecule has 1 atom stereocenters. The van der Waals surface area contributed by atoms with E-state index in [0.29, 0.717) is 6.42 Å². The SMILES string of the molecule is CCCCCCCC(Cc1ccccc1-[n+]1ccccc1)C(=O)O. The minimum atomic E-state index is -0.682. The fourth-order valence-electron chi connectivity index (χ4n) is 3.07. The standard InChI is InChI=1S/C21H27NO2/c1-2-3-4-5-7-13-19(21(23)24)17-18-12-8-9-14-20(18)22-15-10-6-11-16-22/h6,8-12,14-16,19H,2-5,7,13,17H2,1H3/p+1. The quantitative estimate of drug-likeness (QED) is 0.513. The molecule has 0 radical (unpaired) electrons. The van der Waals surface area contributed by atoms with Crippen LogP contribution in [-0.2, 0) is 11.2 Å². The molecule has 0 saturated heterocycles. The first-order valence-electron chi connectivity index (χ1n) is 8.99. The van der Waals surface area contributed by atoms with Crippen molar-refractivity contribution >= 4 is 5.97 Å². The van der Waals surface area contributed by atoms with Gasteiger partial charge in [-0.05, 0) is 12.8 Å². The van der Waals surface area contributed by atoms with Crippen molar-refractivity contribution in [3.63, 3.8) is 0 Å². The molecule has 24 heavy (non-hydrogen) atoms. The van der Waals surface area contributed by atoms with E-state index >= 15 is 0 Å². The number of unbranched alkanes of at least 4 members (excludes halogenated alkanes) is 4. The number of rotatable bonds is 10. The Morgan fingerprint density at radius 1 is 1.00 bits per heavy atom. The van der Waals surface area contributed by atoms with E-state index in [1.165, 1.54) is 19.3 Å². The van der Waals surface area contributed by atoms with Crippen LogP contribution in [0.1, 0.15) is 51.0 Å². The molecule has 0 fully saturated rings. The first-order valence-corrected chi connectivity index (χ1v) is 8.99. The van der Waals surface area contributed by atoms with Crippen LogP contribution in [0.15, 0.2) is 54.9 Å². The maximum Gasteiger partial charge on any atom is 0.306 e. The summed E-state index contributed by atoms with van der Waals surface area (Å²) >= 11 is 0. The first-order chi connectivity index (χ1) is 11.7. The van der Waals surface area contributed by atoms with Gasteiger partial charge < -0.3 is 5.11 Å². The highest BCUT2D eigenvalue weighted by molar-refractivity contribution is 5.70. The number of hydrogen-bond acceptors (Lipinski definition) is 1. The minimum Gasteiger partial charge on any atom is -0.481 e. The molecule has 2 rings (SSSR count). The number of carboxylic acids is 1. The summed E-state index contributed by atoms with van der Waals surface area (Å²) in [7, 11) is 0. The van der Waals surface area contributed by atoms with Crippen LogP contribution in [0.2, 0.25) is 0 Å². The molecule has 1 N–H and O–H groups in total. The summed E-state index contributed by atoms with van der Waals surface area (Å²) in [6, 6.07) is 14.0. The Labute approximate surface area is 145 Å². The van der Waals surface area contributed by atoms with Crippen LogP contribution in [0, 0.1) is 5.92 Å². The predicted octanol–water partition coefficient (Wildman–Crippen LogP) is 4.57. The van der Waals surface area contributed by atoms with E-state index in [0.717, 1.165) is 30.5 Å². The molecule has 1 aromatic carbocycles. The van der Waals surface area contributed by atoms with Gasteiger partial charge >= 0.3 is 5.97 Å². The van der Waals surface area contributed by atoms with Crippen LogP contribution in [-0.4, -0.2) is 11.1 Å². The number of benzene rings is 1. The average molecular weight is 326 g/mol. The monoisotopic (exact) mass is 326 g/mol. The fourth-order valence-corrected chi connectivity index (χ4v) is 3.07. The number of hydrogen-bond donors (Lipinski definition) is 1. The van der Waals surface area contributed by atoms with Crippen molar-refractivity contribution in [3.8, 4) is 5.69 Å². The van der Waals surface area contributed by atoms with Gasteiger partial charge in [-0.1, -0.05) is 63.3 Å². The molecule has 0 amide bonds. The molecule has 1 aromatic heterocycles. The molecule has 3 nitrogen and oxygen atoms in total. The van der Waals surface area contributed by atoms with E-state index in [9.17, 15) is 9.90 Å². The van der Waals surface area contributed by atoms with Crippen molar-refractivity contribution in [2.24, 2.45) is 5.92 Å². The number of nitrogens with zero attached hydrogens (tertiary/aromatic N) is 1. The third-order valence-corrected chi connectivity index (χ3v) is 4.46. The Morgan fingerprint density at radius 3 is 2.42 bits per heavy atom. The van der Waals surface area contributed by atoms with Gasteiger partial charge in [0.25, 0.3) is 0 Å². The lowest BCUT2D eigenvalue weighted by Crippen LogP contribution is -2.31. The number of aliphatic carboxylic acids is 1. The highest BCUT2D eigenvalue weighted by Crippen LogP contribution is 2.20. The highest BCUT2D eigenvalue weighted by atomic mass is 16.4. The van der Waals surface area contributed by atoms with Crippen molar-refractivity contribution in [1.82, 2.24) is 0 Å². The van der Waals surface area contributed by atoms with Crippen LogP contribution >= 0.6 is 0 Å². The minimum absolute atomic E-state index is 0.308. The van der Waals surface area contributed by atoms with Gasteiger partial charge in [0.1, 0.15) is 0 Å². The van der Waals surface area contributed by atoms with E-state index in [4.69, 9.17) is 0 Å². The summed E-state index contributed by atoms with van der Waals surface area (Å²) in [6.45, 7) is 2.19. The van der Waals surface area contributed by atoms with Crippen LogP contribution in [0.4, 0.5) is 0 Å². The van der Waals surface area contributed by atoms with Gasteiger partial charge in [-0.25, -0.2) is 0 Å². The smallest absolute Gasteiger partial charge is 0.306 e. The molecule has 0 aliphatic heterocycles. The van der Waals surface area contributed by atoms with Crippen molar-refractivity contribution in [2.75, 3.05) is 0 Å². The Kier molecular flexibility index (Phi) is 7.47. The zero-order valence-electron chi connectivity index (χ0n) is 14.5.